The van der Waals surface area contributed by atoms with E-state index in [1.165, 1.54) is 4.90 Å². The average molecular weight is 230 g/mol. The fourth-order valence-corrected chi connectivity index (χ4v) is 1.33. The summed E-state index contributed by atoms with van der Waals surface area (Å²) >= 11 is 0. The smallest absolute Gasteiger partial charge is 0.303 e. The third kappa shape index (κ3) is 5.11. The number of hydrogen-bond acceptors (Lipinski definition) is 3. The highest BCUT2D eigenvalue weighted by Crippen LogP contribution is 2.08. The van der Waals surface area contributed by atoms with E-state index in [2.05, 4.69) is 0 Å². The molecule has 0 saturated heterocycles. The van der Waals surface area contributed by atoms with Crippen LogP contribution in [0.15, 0.2) is 0 Å². The molecular formula is C11H22N2O3. The van der Waals surface area contributed by atoms with Gasteiger partial charge in [0.15, 0.2) is 0 Å². The first-order valence-electron chi connectivity index (χ1n) is 5.62. The van der Waals surface area contributed by atoms with Gasteiger partial charge in [-0.15, -0.1) is 0 Å². The zero-order valence-electron chi connectivity index (χ0n) is 10.3. The summed E-state index contributed by atoms with van der Waals surface area (Å²) in [5, 5.41) is 8.47. The summed E-state index contributed by atoms with van der Waals surface area (Å²) in [5.41, 5.74) is 5.80. The first-order valence-corrected chi connectivity index (χ1v) is 5.62. The summed E-state index contributed by atoms with van der Waals surface area (Å²) in [6.07, 6.45) is 1.40. The Hall–Kier alpha value is -1.10. The number of hydrogen-bond donors (Lipinski definition) is 2. The SMILES string of the molecule is CCC(C)C(N)C(=O)N(C)CCCC(=O)O. The monoisotopic (exact) mass is 230 g/mol. The normalized spacial score (nSPS) is 14.2. The molecule has 0 aliphatic rings. The van der Waals surface area contributed by atoms with E-state index in [9.17, 15) is 9.59 Å². The third-order valence-electron chi connectivity index (χ3n) is 2.80. The Morgan fingerprint density at radius 1 is 1.44 bits per heavy atom. The van der Waals surface area contributed by atoms with Crippen LogP contribution < -0.4 is 5.73 Å². The molecular weight excluding hydrogens is 208 g/mol. The van der Waals surface area contributed by atoms with Gasteiger partial charge >= 0.3 is 5.97 Å². The molecule has 2 unspecified atom stereocenters. The van der Waals surface area contributed by atoms with Gasteiger partial charge in [0.25, 0.3) is 0 Å². The standard InChI is InChI=1S/C11H22N2O3/c1-4-8(2)10(12)11(16)13(3)7-5-6-9(14)15/h8,10H,4-7,12H2,1-3H3,(H,14,15). The van der Waals surface area contributed by atoms with E-state index in [4.69, 9.17) is 10.8 Å². The second kappa shape index (κ2) is 7.22. The minimum atomic E-state index is -0.841. The Morgan fingerprint density at radius 2 is 2.00 bits per heavy atom. The van der Waals surface area contributed by atoms with E-state index in [1.54, 1.807) is 7.05 Å². The van der Waals surface area contributed by atoms with Crippen molar-refractivity contribution in [3.63, 3.8) is 0 Å². The van der Waals surface area contributed by atoms with Crippen molar-refractivity contribution in [3.05, 3.63) is 0 Å². The number of carboxylic acid groups (broad SMARTS) is 1. The molecule has 5 nitrogen and oxygen atoms in total. The number of carbonyl (C=O) groups is 2. The molecule has 0 spiro atoms. The van der Waals surface area contributed by atoms with Crippen molar-refractivity contribution in [2.45, 2.75) is 39.2 Å². The second-order valence-electron chi connectivity index (χ2n) is 4.17. The summed E-state index contributed by atoms with van der Waals surface area (Å²) in [4.78, 5) is 23.6. The molecule has 16 heavy (non-hydrogen) atoms. The van der Waals surface area contributed by atoms with Crippen LogP contribution in [0.4, 0.5) is 0 Å². The van der Waals surface area contributed by atoms with E-state index in [0.29, 0.717) is 13.0 Å². The van der Waals surface area contributed by atoms with Gasteiger partial charge in [0.05, 0.1) is 6.04 Å². The molecule has 0 radical (unpaired) electrons. The minimum Gasteiger partial charge on any atom is -0.481 e. The molecule has 0 rings (SSSR count). The Labute approximate surface area is 96.6 Å². The van der Waals surface area contributed by atoms with Gasteiger partial charge in [0.2, 0.25) is 5.91 Å². The molecule has 2 atom stereocenters. The summed E-state index contributed by atoms with van der Waals surface area (Å²) in [5.74, 6) is -0.804. The highest BCUT2D eigenvalue weighted by atomic mass is 16.4. The van der Waals surface area contributed by atoms with Gasteiger partial charge in [0.1, 0.15) is 0 Å². The van der Waals surface area contributed by atoms with Crippen LogP contribution in [0.2, 0.25) is 0 Å². The third-order valence-corrected chi connectivity index (χ3v) is 2.80. The molecule has 0 aromatic carbocycles. The van der Waals surface area contributed by atoms with E-state index >= 15 is 0 Å². The first kappa shape index (κ1) is 14.9. The van der Waals surface area contributed by atoms with Gasteiger partial charge in [-0.05, 0) is 12.3 Å². The topological polar surface area (TPSA) is 83.6 Å². The molecule has 1 amide bonds. The highest BCUT2D eigenvalue weighted by molar-refractivity contribution is 5.81. The van der Waals surface area contributed by atoms with Crippen molar-refractivity contribution in [1.29, 1.82) is 0 Å². The maximum atomic E-state index is 11.8. The molecule has 0 heterocycles. The van der Waals surface area contributed by atoms with Crippen LogP contribution in [0.3, 0.4) is 0 Å². The summed E-state index contributed by atoms with van der Waals surface area (Å²) < 4.78 is 0. The zero-order chi connectivity index (χ0) is 12.7. The van der Waals surface area contributed by atoms with Crippen LogP contribution in [-0.4, -0.2) is 41.5 Å². The maximum absolute atomic E-state index is 11.8. The van der Waals surface area contributed by atoms with Gasteiger partial charge in [0, 0.05) is 20.0 Å². The van der Waals surface area contributed by atoms with E-state index in [0.717, 1.165) is 6.42 Å². The van der Waals surface area contributed by atoms with Gasteiger partial charge < -0.3 is 15.7 Å². The van der Waals surface area contributed by atoms with Crippen LogP contribution in [0.1, 0.15) is 33.1 Å². The van der Waals surface area contributed by atoms with Crippen LogP contribution >= 0.6 is 0 Å². The molecule has 0 aliphatic heterocycles. The van der Waals surface area contributed by atoms with Crippen LogP contribution in [0.25, 0.3) is 0 Å². The first-order chi connectivity index (χ1) is 7.40. The molecule has 0 aromatic heterocycles. The molecule has 5 heteroatoms. The zero-order valence-corrected chi connectivity index (χ0v) is 10.3. The largest absolute Gasteiger partial charge is 0.481 e. The molecule has 94 valence electrons. The Morgan fingerprint density at radius 3 is 2.44 bits per heavy atom. The quantitative estimate of drug-likeness (QED) is 0.673. The van der Waals surface area contributed by atoms with E-state index < -0.39 is 12.0 Å². The van der Waals surface area contributed by atoms with Gasteiger partial charge in [-0.1, -0.05) is 20.3 Å². The molecule has 0 saturated carbocycles. The van der Waals surface area contributed by atoms with Crippen LogP contribution in [0.5, 0.6) is 0 Å². The molecule has 0 bridgehead atoms. The lowest BCUT2D eigenvalue weighted by Crippen LogP contribution is -2.45. The van der Waals surface area contributed by atoms with E-state index in [-0.39, 0.29) is 18.2 Å². The van der Waals surface area contributed by atoms with Crippen molar-refractivity contribution in [3.8, 4) is 0 Å². The summed E-state index contributed by atoms with van der Waals surface area (Å²) in [6.45, 7) is 4.37. The number of rotatable bonds is 7. The highest BCUT2D eigenvalue weighted by Gasteiger charge is 2.22. The Bertz CT molecular complexity index is 243. The lowest BCUT2D eigenvalue weighted by molar-refractivity contribution is -0.138. The number of aliphatic carboxylic acids is 1. The predicted molar refractivity (Wildman–Crippen MR) is 61.9 cm³/mol. The van der Waals surface area contributed by atoms with Crippen molar-refractivity contribution in [2.24, 2.45) is 11.7 Å². The Kier molecular flexibility index (Phi) is 6.72. The van der Waals surface area contributed by atoms with Crippen molar-refractivity contribution < 1.29 is 14.7 Å². The number of carboxylic acids is 1. The molecule has 0 fully saturated rings. The number of nitrogens with two attached hydrogens (primary N) is 1. The second-order valence-corrected chi connectivity index (χ2v) is 4.17. The van der Waals surface area contributed by atoms with Gasteiger partial charge in [-0.3, -0.25) is 9.59 Å². The lowest BCUT2D eigenvalue weighted by atomic mass is 9.99. The van der Waals surface area contributed by atoms with Crippen molar-refractivity contribution >= 4 is 11.9 Å². The molecule has 0 aliphatic carbocycles. The lowest BCUT2D eigenvalue weighted by Gasteiger charge is -2.24. The predicted octanol–water partition coefficient (Wildman–Crippen LogP) is 0.683. The number of carbonyl (C=O) groups excluding carboxylic acids is 1. The number of amides is 1. The molecule has 0 aromatic rings. The fraction of sp³-hybridized carbons (Fsp3) is 0.818. The minimum absolute atomic E-state index is 0.0796. The van der Waals surface area contributed by atoms with Gasteiger partial charge in [-0.25, -0.2) is 0 Å². The number of nitrogens with zero attached hydrogens (tertiary/aromatic N) is 1. The molecule has 3 N–H and O–H groups in total. The van der Waals surface area contributed by atoms with Crippen LogP contribution in [-0.2, 0) is 9.59 Å². The summed E-state index contributed by atoms with van der Waals surface area (Å²) in [7, 11) is 1.66. The summed E-state index contributed by atoms with van der Waals surface area (Å²) in [6, 6.07) is -0.486. The number of likely N-dealkylation sites (N-methyl/N-ethyl adjacent to an activating group) is 1. The Balaban J connectivity index is 4.02. The fourth-order valence-electron chi connectivity index (χ4n) is 1.33. The average Bonchev–Trinajstić information content (AvgIpc) is 2.25. The van der Waals surface area contributed by atoms with Gasteiger partial charge in [-0.2, -0.15) is 0 Å². The van der Waals surface area contributed by atoms with Crippen molar-refractivity contribution in [1.82, 2.24) is 4.90 Å². The van der Waals surface area contributed by atoms with Crippen LogP contribution in [0, 0.1) is 5.92 Å². The van der Waals surface area contributed by atoms with Crippen molar-refractivity contribution in [2.75, 3.05) is 13.6 Å². The van der Waals surface area contributed by atoms with E-state index in [1.807, 2.05) is 13.8 Å². The maximum Gasteiger partial charge on any atom is 0.303 e.